The number of benzene rings is 1. The average Bonchev–Trinajstić information content (AvgIpc) is 2.46. The molecule has 0 aliphatic carbocycles. The second-order valence-electron chi connectivity index (χ2n) is 5.16. The van der Waals surface area contributed by atoms with E-state index < -0.39 is 0 Å². The molecule has 1 aromatic heterocycles. The van der Waals surface area contributed by atoms with E-state index in [0.29, 0.717) is 5.15 Å². The highest BCUT2D eigenvalue weighted by Crippen LogP contribution is 2.26. The molecule has 1 aromatic carbocycles. The molecule has 2 nitrogen and oxygen atoms in total. The molecule has 1 heterocycles. The Bertz CT molecular complexity index is 584. The molecule has 0 aliphatic rings. The Labute approximate surface area is 130 Å². The average molecular weight is 307 g/mol. The summed E-state index contributed by atoms with van der Waals surface area (Å²) in [5.74, 6) is -0.211. The minimum atomic E-state index is -0.211. The molecule has 0 saturated carbocycles. The Kier molecular flexibility index (Phi) is 5.57. The van der Waals surface area contributed by atoms with Gasteiger partial charge in [-0.25, -0.2) is 9.37 Å². The van der Waals surface area contributed by atoms with Crippen molar-refractivity contribution in [1.82, 2.24) is 4.98 Å². The predicted molar refractivity (Wildman–Crippen MR) is 86.3 cm³/mol. The van der Waals surface area contributed by atoms with Crippen LogP contribution in [0.25, 0.3) is 0 Å². The van der Waals surface area contributed by atoms with Crippen molar-refractivity contribution >= 4 is 17.3 Å². The van der Waals surface area contributed by atoms with Crippen LogP contribution in [0.2, 0.25) is 5.15 Å². The molecule has 1 N–H and O–H groups in total. The van der Waals surface area contributed by atoms with Gasteiger partial charge in [-0.3, -0.25) is 0 Å². The molecule has 0 spiro atoms. The second kappa shape index (κ2) is 7.41. The van der Waals surface area contributed by atoms with Gasteiger partial charge in [0.05, 0.1) is 17.4 Å². The molecule has 0 aliphatic heterocycles. The van der Waals surface area contributed by atoms with E-state index in [1.54, 1.807) is 6.07 Å². The number of aryl methyl sites for hydroxylation is 1. The highest BCUT2D eigenvalue weighted by Gasteiger charge is 2.13. The van der Waals surface area contributed by atoms with Crippen LogP contribution in [0, 0.1) is 12.7 Å². The first-order valence-corrected chi connectivity index (χ1v) is 7.63. The summed E-state index contributed by atoms with van der Waals surface area (Å²) in [5.41, 5.74) is 2.91. The van der Waals surface area contributed by atoms with Gasteiger partial charge in [0.2, 0.25) is 0 Å². The van der Waals surface area contributed by atoms with E-state index in [-0.39, 0.29) is 11.9 Å². The summed E-state index contributed by atoms with van der Waals surface area (Å²) in [5, 5.41) is 3.99. The number of nitrogens with one attached hydrogen (secondary N) is 1. The van der Waals surface area contributed by atoms with Crippen molar-refractivity contribution in [3.63, 3.8) is 0 Å². The first kappa shape index (κ1) is 15.8. The van der Waals surface area contributed by atoms with Gasteiger partial charge in [-0.2, -0.15) is 0 Å². The van der Waals surface area contributed by atoms with Crippen LogP contribution in [0.15, 0.2) is 36.4 Å². The summed E-state index contributed by atoms with van der Waals surface area (Å²) >= 11 is 5.89. The number of hydrogen-bond donors (Lipinski definition) is 1. The van der Waals surface area contributed by atoms with Crippen LogP contribution in [0.5, 0.6) is 0 Å². The predicted octanol–water partition coefficient (Wildman–Crippen LogP) is 5.53. The van der Waals surface area contributed by atoms with E-state index in [4.69, 9.17) is 11.6 Å². The third-order valence-electron chi connectivity index (χ3n) is 3.50. The maximum atomic E-state index is 13.1. The number of anilines is 1. The minimum absolute atomic E-state index is 0.146. The fraction of sp³-hybridized carbons (Fsp3) is 0.353. The van der Waals surface area contributed by atoms with Gasteiger partial charge in [-0.05, 0) is 43.2 Å². The molecule has 0 bridgehead atoms. The molecule has 2 aromatic rings. The Balaban J connectivity index is 2.21. The standard InChI is InChI=1S/C17H20ClFN2/c1-3-4-5-16(13-6-8-14(19)9-7-13)21-15-10-11-17(18)20-12(15)2/h6-11,16,21H,3-5H2,1-2H3. The van der Waals surface area contributed by atoms with Crippen molar-refractivity contribution in [2.75, 3.05) is 5.32 Å². The lowest BCUT2D eigenvalue weighted by molar-refractivity contribution is 0.616. The van der Waals surface area contributed by atoms with Crippen molar-refractivity contribution in [3.8, 4) is 0 Å². The maximum Gasteiger partial charge on any atom is 0.129 e. The molecule has 1 atom stereocenters. The van der Waals surface area contributed by atoms with Gasteiger partial charge in [0.1, 0.15) is 11.0 Å². The van der Waals surface area contributed by atoms with E-state index in [1.807, 2.05) is 25.1 Å². The molecular weight excluding hydrogens is 287 g/mol. The Morgan fingerprint density at radius 3 is 2.52 bits per heavy atom. The highest BCUT2D eigenvalue weighted by molar-refractivity contribution is 6.29. The second-order valence-corrected chi connectivity index (χ2v) is 5.54. The summed E-state index contributed by atoms with van der Waals surface area (Å²) < 4.78 is 13.1. The normalized spacial score (nSPS) is 12.2. The van der Waals surface area contributed by atoms with Crippen molar-refractivity contribution in [2.45, 2.75) is 39.2 Å². The highest BCUT2D eigenvalue weighted by atomic mass is 35.5. The molecule has 2 rings (SSSR count). The number of unbranched alkanes of at least 4 members (excludes halogenated alkanes) is 1. The zero-order valence-corrected chi connectivity index (χ0v) is 13.1. The van der Waals surface area contributed by atoms with E-state index in [1.165, 1.54) is 12.1 Å². The topological polar surface area (TPSA) is 24.9 Å². The van der Waals surface area contributed by atoms with E-state index in [0.717, 1.165) is 36.2 Å². The van der Waals surface area contributed by atoms with Gasteiger partial charge in [-0.15, -0.1) is 0 Å². The summed E-state index contributed by atoms with van der Waals surface area (Å²) in [4.78, 5) is 4.26. The molecule has 112 valence electrons. The quantitative estimate of drug-likeness (QED) is 0.710. The molecule has 0 fully saturated rings. The lowest BCUT2D eigenvalue weighted by Crippen LogP contribution is -2.12. The molecule has 21 heavy (non-hydrogen) atoms. The number of pyridine rings is 1. The molecule has 0 radical (unpaired) electrons. The monoisotopic (exact) mass is 306 g/mol. The lowest BCUT2D eigenvalue weighted by Gasteiger charge is -2.21. The zero-order chi connectivity index (χ0) is 15.2. The third kappa shape index (κ3) is 4.43. The SMILES string of the molecule is CCCCC(Nc1ccc(Cl)nc1C)c1ccc(F)cc1. The smallest absolute Gasteiger partial charge is 0.129 e. The van der Waals surface area contributed by atoms with E-state index >= 15 is 0 Å². The molecule has 4 heteroatoms. The van der Waals surface area contributed by atoms with Gasteiger partial charge in [-0.1, -0.05) is 43.5 Å². The number of rotatable bonds is 6. The van der Waals surface area contributed by atoms with Gasteiger partial charge >= 0.3 is 0 Å². The molecule has 0 amide bonds. The summed E-state index contributed by atoms with van der Waals surface area (Å²) in [7, 11) is 0. The summed E-state index contributed by atoms with van der Waals surface area (Å²) in [6, 6.07) is 10.5. The molecule has 1 unspecified atom stereocenters. The van der Waals surface area contributed by atoms with Crippen LogP contribution in [0.1, 0.15) is 43.5 Å². The van der Waals surface area contributed by atoms with Crippen LogP contribution in [0.4, 0.5) is 10.1 Å². The lowest BCUT2D eigenvalue weighted by atomic mass is 10.0. The van der Waals surface area contributed by atoms with Gasteiger partial charge in [0.25, 0.3) is 0 Å². The van der Waals surface area contributed by atoms with E-state index in [2.05, 4.69) is 17.2 Å². The van der Waals surface area contributed by atoms with Crippen molar-refractivity contribution < 1.29 is 4.39 Å². The van der Waals surface area contributed by atoms with Gasteiger partial charge in [0.15, 0.2) is 0 Å². The molecule has 0 saturated heterocycles. The summed E-state index contributed by atoms with van der Waals surface area (Å²) in [6.45, 7) is 4.09. The van der Waals surface area contributed by atoms with E-state index in [9.17, 15) is 4.39 Å². The van der Waals surface area contributed by atoms with Gasteiger partial charge < -0.3 is 5.32 Å². The third-order valence-corrected chi connectivity index (χ3v) is 3.71. The first-order chi connectivity index (χ1) is 10.1. The Hall–Kier alpha value is -1.61. The van der Waals surface area contributed by atoms with Crippen LogP contribution >= 0.6 is 11.6 Å². The van der Waals surface area contributed by atoms with Crippen LogP contribution in [-0.2, 0) is 0 Å². The van der Waals surface area contributed by atoms with Crippen molar-refractivity contribution in [1.29, 1.82) is 0 Å². The largest absolute Gasteiger partial charge is 0.377 e. The Morgan fingerprint density at radius 2 is 1.90 bits per heavy atom. The maximum absolute atomic E-state index is 13.1. The van der Waals surface area contributed by atoms with Crippen molar-refractivity contribution in [2.24, 2.45) is 0 Å². The first-order valence-electron chi connectivity index (χ1n) is 7.25. The molecular formula is C17H20ClFN2. The van der Waals surface area contributed by atoms with Crippen LogP contribution in [-0.4, -0.2) is 4.98 Å². The summed E-state index contributed by atoms with van der Waals surface area (Å²) in [6.07, 6.45) is 3.22. The fourth-order valence-corrected chi connectivity index (χ4v) is 2.49. The fourth-order valence-electron chi connectivity index (χ4n) is 2.30. The van der Waals surface area contributed by atoms with Crippen LogP contribution < -0.4 is 5.32 Å². The Morgan fingerprint density at radius 1 is 1.19 bits per heavy atom. The van der Waals surface area contributed by atoms with Crippen molar-refractivity contribution in [3.05, 3.63) is 58.6 Å². The van der Waals surface area contributed by atoms with Gasteiger partial charge in [0, 0.05) is 0 Å². The minimum Gasteiger partial charge on any atom is -0.377 e. The number of nitrogens with zero attached hydrogens (tertiary/aromatic N) is 1. The number of halogens is 2. The zero-order valence-electron chi connectivity index (χ0n) is 12.4. The number of aromatic nitrogens is 1. The van der Waals surface area contributed by atoms with Crippen LogP contribution in [0.3, 0.4) is 0 Å². The number of hydrogen-bond acceptors (Lipinski definition) is 2.